The summed E-state index contributed by atoms with van der Waals surface area (Å²) < 4.78 is 5.50. The Hall–Kier alpha value is -1.88. The van der Waals surface area contributed by atoms with Crippen LogP contribution in [-0.4, -0.2) is 16.1 Å². The van der Waals surface area contributed by atoms with Crippen molar-refractivity contribution in [2.45, 2.75) is 6.92 Å². The Morgan fingerprint density at radius 1 is 1.44 bits per heavy atom. The quantitative estimate of drug-likeness (QED) is 0.888. The molecule has 4 nitrogen and oxygen atoms in total. The van der Waals surface area contributed by atoms with Crippen LogP contribution in [0.1, 0.15) is 15.4 Å². The highest BCUT2D eigenvalue weighted by Crippen LogP contribution is 2.26. The molecular weight excluding hydrogens is 226 g/mol. The number of aromatic nitrogens is 1. The highest BCUT2D eigenvalue weighted by Gasteiger charge is 2.08. The maximum Gasteiger partial charge on any atom is 0.346 e. The molecule has 5 heteroatoms. The average molecular weight is 235 g/mol. The third-order valence-corrected chi connectivity index (χ3v) is 2.79. The molecule has 2 rings (SSSR count). The average Bonchev–Trinajstić information content (AvgIpc) is 2.66. The van der Waals surface area contributed by atoms with Gasteiger partial charge < -0.3 is 9.84 Å². The first-order valence-electron chi connectivity index (χ1n) is 4.57. The van der Waals surface area contributed by atoms with E-state index in [0.717, 1.165) is 17.0 Å². The maximum absolute atomic E-state index is 10.7. The topological polar surface area (TPSA) is 59.4 Å². The van der Waals surface area contributed by atoms with Crippen LogP contribution >= 0.6 is 11.3 Å². The third kappa shape index (κ3) is 2.38. The van der Waals surface area contributed by atoms with Crippen LogP contribution in [-0.2, 0) is 0 Å². The molecule has 2 heterocycles. The number of carbonyl (C=O) groups is 1. The number of aryl methyl sites for hydroxylation is 1. The second-order valence-corrected chi connectivity index (χ2v) is 4.10. The van der Waals surface area contributed by atoms with E-state index in [1.165, 1.54) is 6.07 Å². The normalized spacial score (nSPS) is 10.1. The fraction of sp³-hybridized carbons (Fsp3) is 0.0909. The van der Waals surface area contributed by atoms with Gasteiger partial charge in [0.2, 0.25) is 0 Å². The van der Waals surface area contributed by atoms with Gasteiger partial charge in [0.05, 0.1) is 0 Å². The lowest BCUT2D eigenvalue weighted by molar-refractivity contribution is 0.0702. The number of pyridine rings is 1. The summed E-state index contributed by atoms with van der Waals surface area (Å²) in [6.07, 6.45) is 1.65. The van der Waals surface area contributed by atoms with E-state index in [9.17, 15) is 4.79 Å². The standard InChI is InChI=1S/C11H9NO3S/c1-7-4-8(2-3-12-7)15-9-5-10(11(13)14)16-6-9/h2-6H,1H3,(H,13,14). The molecule has 2 aromatic heterocycles. The minimum atomic E-state index is -0.939. The van der Waals surface area contributed by atoms with Crippen molar-refractivity contribution in [3.8, 4) is 11.5 Å². The van der Waals surface area contributed by atoms with Gasteiger partial charge in [0.15, 0.2) is 0 Å². The van der Waals surface area contributed by atoms with Crippen LogP contribution in [0.3, 0.4) is 0 Å². The van der Waals surface area contributed by atoms with Crippen molar-refractivity contribution in [3.05, 3.63) is 40.3 Å². The van der Waals surface area contributed by atoms with Gasteiger partial charge in [-0.3, -0.25) is 4.98 Å². The highest BCUT2D eigenvalue weighted by molar-refractivity contribution is 7.12. The first-order valence-corrected chi connectivity index (χ1v) is 5.45. The van der Waals surface area contributed by atoms with Gasteiger partial charge in [0.25, 0.3) is 0 Å². The Morgan fingerprint density at radius 2 is 2.25 bits per heavy atom. The zero-order valence-corrected chi connectivity index (χ0v) is 9.32. The van der Waals surface area contributed by atoms with Crippen LogP contribution in [0, 0.1) is 6.92 Å². The van der Waals surface area contributed by atoms with Gasteiger partial charge in [-0.2, -0.15) is 0 Å². The monoisotopic (exact) mass is 235 g/mol. The van der Waals surface area contributed by atoms with Crippen molar-refractivity contribution >= 4 is 17.3 Å². The molecule has 0 radical (unpaired) electrons. The summed E-state index contributed by atoms with van der Waals surface area (Å²) in [5, 5.41) is 10.4. The zero-order chi connectivity index (χ0) is 11.5. The van der Waals surface area contributed by atoms with E-state index in [-0.39, 0.29) is 4.88 Å². The molecule has 16 heavy (non-hydrogen) atoms. The predicted molar refractivity (Wildman–Crippen MR) is 60.3 cm³/mol. The Labute approximate surface area is 96.1 Å². The number of hydrogen-bond acceptors (Lipinski definition) is 4. The lowest BCUT2D eigenvalue weighted by Crippen LogP contribution is -1.90. The van der Waals surface area contributed by atoms with Gasteiger partial charge in [-0.15, -0.1) is 11.3 Å². The van der Waals surface area contributed by atoms with Crippen LogP contribution in [0.4, 0.5) is 0 Å². The summed E-state index contributed by atoms with van der Waals surface area (Å²) >= 11 is 1.14. The van der Waals surface area contributed by atoms with Gasteiger partial charge in [0.1, 0.15) is 16.4 Å². The molecule has 0 bridgehead atoms. The minimum Gasteiger partial charge on any atom is -0.477 e. The molecule has 82 valence electrons. The molecule has 0 aliphatic carbocycles. The molecule has 0 atom stereocenters. The Bertz CT molecular complexity index is 521. The van der Waals surface area contributed by atoms with Crippen molar-refractivity contribution < 1.29 is 14.6 Å². The van der Waals surface area contributed by atoms with Crippen LogP contribution in [0.2, 0.25) is 0 Å². The van der Waals surface area contributed by atoms with E-state index in [1.54, 1.807) is 23.7 Å². The second kappa shape index (κ2) is 4.32. The molecular formula is C11H9NO3S. The summed E-state index contributed by atoms with van der Waals surface area (Å²) in [4.78, 5) is 15.0. The second-order valence-electron chi connectivity index (χ2n) is 3.19. The number of carboxylic acids is 1. The number of aromatic carboxylic acids is 1. The van der Waals surface area contributed by atoms with Gasteiger partial charge in [-0.05, 0) is 13.0 Å². The molecule has 0 spiro atoms. The zero-order valence-electron chi connectivity index (χ0n) is 8.51. The van der Waals surface area contributed by atoms with Crippen LogP contribution in [0.15, 0.2) is 29.8 Å². The number of ether oxygens (including phenoxy) is 1. The summed E-state index contributed by atoms with van der Waals surface area (Å²) in [6, 6.07) is 5.02. The Kier molecular flexibility index (Phi) is 2.87. The first kappa shape index (κ1) is 10.6. The number of rotatable bonds is 3. The molecule has 0 amide bonds. The molecule has 0 aliphatic rings. The van der Waals surface area contributed by atoms with Crippen LogP contribution in [0.25, 0.3) is 0 Å². The lowest BCUT2D eigenvalue weighted by Gasteiger charge is -2.02. The van der Waals surface area contributed by atoms with Gasteiger partial charge in [0, 0.05) is 29.4 Å². The molecule has 0 aliphatic heterocycles. The van der Waals surface area contributed by atoms with Crippen molar-refractivity contribution in [1.82, 2.24) is 4.98 Å². The number of thiophene rings is 1. The van der Waals surface area contributed by atoms with E-state index in [2.05, 4.69) is 4.98 Å². The first-order chi connectivity index (χ1) is 7.65. The van der Waals surface area contributed by atoms with Crippen molar-refractivity contribution in [2.75, 3.05) is 0 Å². The number of nitrogens with zero attached hydrogens (tertiary/aromatic N) is 1. The van der Waals surface area contributed by atoms with E-state index < -0.39 is 5.97 Å². The van der Waals surface area contributed by atoms with Gasteiger partial charge in [-0.1, -0.05) is 0 Å². The summed E-state index contributed by atoms with van der Waals surface area (Å²) in [5.41, 5.74) is 0.853. The van der Waals surface area contributed by atoms with E-state index in [1.807, 2.05) is 6.92 Å². The van der Waals surface area contributed by atoms with Crippen molar-refractivity contribution in [2.24, 2.45) is 0 Å². The van der Waals surface area contributed by atoms with E-state index in [0.29, 0.717) is 11.5 Å². The fourth-order valence-corrected chi connectivity index (χ4v) is 1.85. The fourth-order valence-electron chi connectivity index (χ4n) is 1.20. The lowest BCUT2D eigenvalue weighted by atomic mass is 10.3. The Balaban J connectivity index is 2.17. The number of carboxylic acid groups (broad SMARTS) is 1. The molecule has 0 saturated carbocycles. The summed E-state index contributed by atoms with van der Waals surface area (Å²) in [7, 11) is 0. The molecule has 0 aromatic carbocycles. The summed E-state index contributed by atoms with van der Waals surface area (Å²) in [6.45, 7) is 1.86. The Morgan fingerprint density at radius 3 is 2.88 bits per heavy atom. The van der Waals surface area contributed by atoms with Crippen molar-refractivity contribution in [3.63, 3.8) is 0 Å². The largest absolute Gasteiger partial charge is 0.477 e. The SMILES string of the molecule is Cc1cc(Oc2csc(C(=O)O)c2)ccn1. The highest BCUT2D eigenvalue weighted by atomic mass is 32.1. The maximum atomic E-state index is 10.7. The third-order valence-electron chi connectivity index (χ3n) is 1.89. The summed E-state index contributed by atoms with van der Waals surface area (Å²) in [5.74, 6) is 0.251. The number of hydrogen-bond donors (Lipinski definition) is 1. The van der Waals surface area contributed by atoms with Gasteiger partial charge in [-0.25, -0.2) is 4.79 Å². The predicted octanol–water partition coefficient (Wildman–Crippen LogP) is 2.94. The molecule has 0 fully saturated rings. The van der Waals surface area contributed by atoms with Crippen molar-refractivity contribution in [1.29, 1.82) is 0 Å². The molecule has 0 saturated heterocycles. The van der Waals surface area contributed by atoms with Gasteiger partial charge >= 0.3 is 5.97 Å². The van der Waals surface area contributed by atoms with E-state index >= 15 is 0 Å². The minimum absolute atomic E-state index is 0.265. The van der Waals surface area contributed by atoms with E-state index in [4.69, 9.17) is 9.84 Å². The van der Waals surface area contributed by atoms with Crippen LogP contribution < -0.4 is 4.74 Å². The molecule has 1 N–H and O–H groups in total. The van der Waals surface area contributed by atoms with Crippen LogP contribution in [0.5, 0.6) is 11.5 Å². The molecule has 2 aromatic rings. The smallest absolute Gasteiger partial charge is 0.346 e. The molecule has 0 unspecified atom stereocenters.